The highest BCUT2D eigenvalue weighted by molar-refractivity contribution is 7.37. The first-order valence-corrected chi connectivity index (χ1v) is 5.33. The fraction of sp³-hybridized carbons (Fsp3) is 1.00. The summed E-state index contributed by atoms with van der Waals surface area (Å²) in [4.78, 5) is 7.87. The Bertz CT molecular complexity index is 98.8. The van der Waals surface area contributed by atoms with Gasteiger partial charge in [0.2, 0.25) is 0 Å². The molecule has 0 amide bonds. The van der Waals surface area contributed by atoms with E-state index in [1.807, 2.05) is 0 Å². The summed E-state index contributed by atoms with van der Waals surface area (Å²) in [6, 6.07) is 0. The molecular formula is C6H19N3O2P+. The Morgan fingerprint density at radius 1 is 1.33 bits per heavy atom. The molecule has 0 saturated heterocycles. The maximum absolute atomic E-state index is 9.52. The van der Waals surface area contributed by atoms with Gasteiger partial charge in [0.1, 0.15) is 0 Å². The van der Waals surface area contributed by atoms with Crippen molar-refractivity contribution in [3.05, 3.63) is 0 Å². The smallest absolute Gasteiger partial charge is 0.329 e. The molecule has 1 unspecified atom stereocenters. The molecule has 0 saturated carbocycles. The number of hydrogen-bond acceptors (Lipinski definition) is 4. The molecule has 1 atom stereocenters. The molecule has 0 heterocycles. The molecule has 0 aliphatic heterocycles. The molecule has 0 aliphatic rings. The summed E-state index contributed by atoms with van der Waals surface area (Å²) in [7, 11) is -1.85. The summed E-state index contributed by atoms with van der Waals surface area (Å²) in [5.74, 6) is 0. The first kappa shape index (κ1) is 14.5. The predicted octanol–water partition coefficient (Wildman–Crippen LogP) is -0.766. The van der Waals surface area contributed by atoms with Crippen molar-refractivity contribution >= 4 is 8.03 Å². The van der Waals surface area contributed by atoms with E-state index in [0.717, 1.165) is 13.1 Å². The van der Waals surface area contributed by atoms with Crippen molar-refractivity contribution in [2.24, 2.45) is 11.5 Å². The minimum atomic E-state index is -1.85. The minimum Gasteiger partial charge on any atom is -0.329 e. The second-order valence-electron chi connectivity index (χ2n) is 2.00. The van der Waals surface area contributed by atoms with Crippen LogP contribution in [-0.2, 0) is 4.57 Å². The van der Waals surface area contributed by atoms with E-state index in [1.54, 1.807) is 6.92 Å². The van der Waals surface area contributed by atoms with Crippen molar-refractivity contribution < 1.29 is 9.46 Å². The molecule has 6 N–H and O–H groups in total. The molecule has 0 aromatic carbocycles. The van der Waals surface area contributed by atoms with Gasteiger partial charge in [-0.2, -0.15) is 4.89 Å². The summed E-state index contributed by atoms with van der Waals surface area (Å²) in [5.41, 5.74) is 10.3. The molecule has 0 fully saturated rings. The van der Waals surface area contributed by atoms with Crippen LogP contribution in [0.5, 0.6) is 0 Å². The van der Waals surface area contributed by atoms with Crippen LogP contribution in [0, 0.1) is 0 Å². The Labute approximate surface area is 74.4 Å². The van der Waals surface area contributed by atoms with Gasteiger partial charge in [0, 0.05) is 26.2 Å². The van der Waals surface area contributed by atoms with E-state index in [4.69, 9.17) is 16.4 Å². The van der Waals surface area contributed by atoms with Gasteiger partial charge in [0.25, 0.3) is 0 Å². The molecule has 0 aromatic heterocycles. The van der Waals surface area contributed by atoms with Gasteiger partial charge in [0.05, 0.1) is 0 Å². The van der Waals surface area contributed by atoms with Gasteiger partial charge < -0.3 is 16.8 Å². The highest BCUT2D eigenvalue weighted by Crippen LogP contribution is 2.08. The van der Waals surface area contributed by atoms with Gasteiger partial charge in [-0.15, -0.1) is 0 Å². The van der Waals surface area contributed by atoms with E-state index < -0.39 is 8.03 Å². The summed E-state index contributed by atoms with van der Waals surface area (Å²) >= 11 is 0. The Balaban J connectivity index is 0. The van der Waals surface area contributed by atoms with Gasteiger partial charge >= 0.3 is 8.03 Å². The van der Waals surface area contributed by atoms with Crippen LogP contribution in [0.4, 0.5) is 0 Å². The highest BCUT2D eigenvalue weighted by Gasteiger charge is 1.98. The molecule has 0 aliphatic carbocycles. The van der Waals surface area contributed by atoms with Crippen molar-refractivity contribution in [1.29, 1.82) is 0 Å². The van der Waals surface area contributed by atoms with Gasteiger partial charge in [-0.1, -0.05) is 0 Å². The zero-order valence-corrected chi connectivity index (χ0v) is 8.39. The number of rotatable bonds is 5. The van der Waals surface area contributed by atoms with Gasteiger partial charge in [0.15, 0.2) is 6.16 Å². The monoisotopic (exact) mass is 196 g/mol. The Hall–Kier alpha value is -0.0600. The fourth-order valence-corrected chi connectivity index (χ4v) is 0.329. The molecule has 0 bridgehead atoms. The van der Waals surface area contributed by atoms with Gasteiger partial charge in [-0.3, -0.25) is 0 Å². The van der Waals surface area contributed by atoms with Gasteiger partial charge in [-0.05, 0) is 11.5 Å². The molecule has 0 radical (unpaired) electrons. The fourth-order valence-electron chi connectivity index (χ4n) is 0.329. The summed E-state index contributed by atoms with van der Waals surface area (Å²) in [6.07, 6.45) is 0.370. The lowest BCUT2D eigenvalue weighted by atomic mass is 10.6. The predicted molar refractivity (Wildman–Crippen MR) is 51.3 cm³/mol. The number of nitrogens with one attached hydrogen (secondary N) is 1. The third-order valence-electron chi connectivity index (χ3n) is 0.913. The summed E-state index contributed by atoms with van der Waals surface area (Å²) < 4.78 is 9.52. The highest BCUT2D eigenvalue weighted by atomic mass is 31.1. The SMILES string of the molecule is CC[P+](=O)O.NCCNCCN. The van der Waals surface area contributed by atoms with Crippen LogP contribution in [-0.4, -0.2) is 37.2 Å². The lowest BCUT2D eigenvalue weighted by molar-refractivity contribution is 0.504. The summed E-state index contributed by atoms with van der Waals surface area (Å²) in [5, 5.41) is 3.03. The van der Waals surface area contributed by atoms with Crippen LogP contribution in [0.1, 0.15) is 6.92 Å². The molecule has 6 heteroatoms. The van der Waals surface area contributed by atoms with Crippen LogP contribution >= 0.6 is 8.03 Å². The maximum atomic E-state index is 9.52. The summed E-state index contributed by atoms with van der Waals surface area (Å²) in [6.45, 7) is 4.80. The van der Waals surface area contributed by atoms with Gasteiger partial charge in [-0.25, -0.2) is 0 Å². The van der Waals surface area contributed by atoms with E-state index in [9.17, 15) is 4.57 Å². The normalized spacial score (nSPS) is 10.2. The van der Waals surface area contributed by atoms with Crippen molar-refractivity contribution in [1.82, 2.24) is 5.32 Å². The average molecular weight is 196 g/mol. The quantitative estimate of drug-likeness (QED) is 0.342. The Kier molecular flexibility index (Phi) is 16.3. The van der Waals surface area contributed by atoms with Crippen molar-refractivity contribution in [3.63, 3.8) is 0 Å². The van der Waals surface area contributed by atoms with E-state index >= 15 is 0 Å². The molecule has 0 aromatic rings. The minimum absolute atomic E-state index is 0.370. The van der Waals surface area contributed by atoms with Crippen molar-refractivity contribution in [3.8, 4) is 0 Å². The largest absolute Gasteiger partial charge is 0.505 e. The second-order valence-corrected chi connectivity index (χ2v) is 3.33. The molecule has 0 rings (SSSR count). The Morgan fingerprint density at radius 2 is 1.67 bits per heavy atom. The Morgan fingerprint density at radius 3 is 1.83 bits per heavy atom. The zero-order chi connectivity index (χ0) is 9.82. The first-order chi connectivity index (χ1) is 5.68. The third kappa shape index (κ3) is 22.5. The van der Waals surface area contributed by atoms with E-state index in [2.05, 4.69) is 5.32 Å². The van der Waals surface area contributed by atoms with Crippen LogP contribution in [0.3, 0.4) is 0 Å². The molecular weight excluding hydrogens is 177 g/mol. The van der Waals surface area contributed by atoms with Crippen LogP contribution in [0.2, 0.25) is 0 Å². The van der Waals surface area contributed by atoms with Crippen LogP contribution in [0.15, 0.2) is 0 Å². The topological polar surface area (TPSA) is 101 Å². The molecule has 5 nitrogen and oxygen atoms in total. The molecule has 0 spiro atoms. The second kappa shape index (κ2) is 13.5. The van der Waals surface area contributed by atoms with Crippen LogP contribution < -0.4 is 16.8 Å². The first-order valence-electron chi connectivity index (χ1n) is 3.93. The van der Waals surface area contributed by atoms with E-state index in [1.165, 1.54) is 0 Å². The number of hydrogen-bond donors (Lipinski definition) is 4. The average Bonchev–Trinajstić information content (AvgIpc) is 2.07. The lowest BCUT2D eigenvalue weighted by Crippen LogP contribution is -2.27. The van der Waals surface area contributed by atoms with E-state index in [0.29, 0.717) is 19.3 Å². The number of nitrogens with two attached hydrogens (primary N) is 2. The molecule has 74 valence electrons. The van der Waals surface area contributed by atoms with Crippen molar-refractivity contribution in [2.45, 2.75) is 6.92 Å². The van der Waals surface area contributed by atoms with Crippen molar-refractivity contribution in [2.75, 3.05) is 32.3 Å². The standard InChI is InChI=1S/C4H13N3.C2H5O2P/c5-1-3-7-4-2-6;1-2-5(3)4/h7H,1-6H2;2H2,1H3/p+1. The maximum Gasteiger partial charge on any atom is 0.505 e. The zero-order valence-electron chi connectivity index (χ0n) is 7.49. The third-order valence-corrected chi connectivity index (χ3v) is 1.45. The molecule has 12 heavy (non-hydrogen) atoms. The van der Waals surface area contributed by atoms with Crippen LogP contribution in [0.25, 0.3) is 0 Å². The lowest BCUT2D eigenvalue weighted by Gasteiger charge is -1.95. The van der Waals surface area contributed by atoms with E-state index in [-0.39, 0.29) is 0 Å².